The van der Waals surface area contributed by atoms with Gasteiger partial charge in [0.15, 0.2) is 0 Å². The van der Waals surface area contributed by atoms with Gasteiger partial charge in [0.05, 0.1) is 5.56 Å². The number of carbonyl (C=O) groups is 3. The van der Waals surface area contributed by atoms with Crippen LogP contribution in [-0.4, -0.2) is 22.9 Å². The molecule has 6 nitrogen and oxygen atoms in total. The van der Waals surface area contributed by atoms with Crippen molar-refractivity contribution in [2.75, 3.05) is 5.32 Å². The first kappa shape index (κ1) is 17.5. The van der Waals surface area contributed by atoms with Gasteiger partial charge in [-0.3, -0.25) is 14.4 Å². The van der Waals surface area contributed by atoms with Crippen LogP contribution in [0, 0.1) is 11.8 Å². The summed E-state index contributed by atoms with van der Waals surface area (Å²) in [4.78, 5) is 35.7. The van der Waals surface area contributed by atoms with Gasteiger partial charge >= 0.3 is 5.97 Å². The summed E-state index contributed by atoms with van der Waals surface area (Å²) in [6, 6.07) is 0. The fourth-order valence-electron chi connectivity index (χ4n) is 2.96. The summed E-state index contributed by atoms with van der Waals surface area (Å²) in [5, 5.41) is 12.0. The van der Waals surface area contributed by atoms with Gasteiger partial charge in [-0.2, -0.15) is 0 Å². The quantitative estimate of drug-likeness (QED) is 0.740. The van der Waals surface area contributed by atoms with Gasteiger partial charge in [-0.05, 0) is 36.7 Å². The molecule has 0 bridgehead atoms. The molecule has 1 aromatic rings. The van der Waals surface area contributed by atoms with Crippen LogP contribution in [0.3, 0.4) is 0 Å². The van der Waals surface area contributed by atoms with Crippen molar-refractivity contribution in [3.8, 4) is 0 Å². The lowest BCUT2D eigenvalue weighted by Crippen LogP contribution is -2.20. The largest absolute Gasteiger partial charge is 0.481 e. The maximum absolute atomic E-state index is 12.1. The highest BCUT2D eigenvalue weighted by Gasteiger charge is 2.27. The Balaban J connectivity index is 2.15. The number of nitrogens with one attached hydrogen (secondary N) is 1. The van der Waals surface area contributed by atoms with Crippen molar-refractivity contribution in [3.05, 3.63) is 16.0 Å². The molecule has 1 aliphatic rings. The summed E-state index contributed by atoms with van der Waals surface area (Å²) in [5.41, 5.74) is 6.89. The smallest absolute Gasteiger partial charge is 0.303 e. The number of carboxylic acid groups (broad SMARTS) is 1. The lowest BCUT2D eigenvalue weighted by molar-refractivity contribution is -0.138. The molecule has 0 unspecified atom stereocenters. The summed E-state index contributed by atoms with van der Waals surface area (Å²) >= 11 is 1.41. The van der Waals surface area contributed by atoms with E-state index in [1.165, 1.54) is 11.3 Å². The molecule has 0 aliphatic heterocycles. The third-order valence-corrected chi connectivity index (χ3v) is 5.24. The zero-order chi connectivity index (χ0) is 17.1. The minimum atomic E-state index is -0.927. The number of amides is 2. The molecule has 1 aliphatic carbocycles. The average Bonchev–Trinajstić information content (AvgIpc) is 2.73. The fourth-order valence-corrected chi connectivity index (χ4v) is 4.40. The van der Waals surface area contributed by atoms with E-state index < -0.39 is 11.9 Å². The van der Waals surface area contributed by atoms with Crippen molar-refractivity contribution in [1.29, 1.82) is 0 Å². The molecular formula is C16H22N2O4S. The number of rotatable bonds is 6. The van der Waals surface area contributed by atoms with Gasteiger partial charge in [0.25, 0.3) is 5.91 Å². The first-order chi connectivity index (χ1) is 10.8. The first-order valence-electron chi connectivity index (χ1n) is 7.73. The predicted octanol–water partition coefficient (Wildman–Crippen LogP) is 2.41. The van der Waals surface area contributed by atoms with E-state index in [0.717, 1.165) is 29.7 Å². The van der Waals surface area contributed by atoms with E-state index in [9.17, 15) is 14.4 Å². The number of carboxylic acids is 1. The standard InChI is InChI=1S/C16H22N2O4S/c1-8-3-4-10-11(5-8)23-16(14(10)15(17)22)18-12(19)6-9(2)7-13(20)21/h8-9H,3-7H2,1-2H3,(H2,17,22)(H,18,19)(H,20,21)/t8-,9-/m0/s1. The van der Waals surface area contributed by atoms with Crippen molar-refractivity contribution in [2.45, 2.75) is 46.0 Å². The molecule has 23 heavy (non-hydrogen) atoms. The van der Waals surface area contributed by atoms with Crippen molar-refractivity contribution in [3.63, 3.8) is 0 Å². The van der Waals surface area contributed by atoms with Gasteiger partial charge in [0.1, 0.15) is 5.00 Å². The molecule has 126 valence electrons. The van der Waals surface area contributed by atoms with Crippen LogP contribution in [0.5, 0.6) is 0 Å². The monoisotopic (exact) mass is 338 g/mol. The molecule has 1 heterocycles. The lowest BCUT2D eigenvalue weighted by Gasteiger charge is -2.18. The molecule has 0 saturated carbocycles. The van der Waals surface area contributed by atoms with Crippen molar-refractivity contribution in [1.82, 2.24) is 0 Å². The Morgan fingerprint density at radius 2 is 2.09 bits per heavy atom. The number of aliphatic carboxylic acids is 1. The molecule has 0 spiro atoms. The van der Waals surface area contributed by atoms with Gasteiger partial charge < -0.3 is 16.2 Å². The van der Waals surface area contributed by atoms with Gasteiger partial charge in [-0.15, -0.1) is 11.3 Å². The van der Waals surface area contributed by atoms with E-state index in [1.807, 2.05) is 0 Å². The maximum atomic E-state index is 12.1. The second kappa shape index (κ2) is 7.12. The number of hydrogen-bond donors (Lipinski definition) is 3. The highest BCUT2D eigenvalue weighted by Crippen LogP contribution is 2.39. The Bertz CT molecular complexity index is 638. The molecule has 0 radical (unpaired) electrons. The van der Waals surface area contributed by atoms with Crippen LogP contribution in [0.25, 0.3) is 0 Å². The molecule has 7 heteroatoms. The highest BCUT2D eigenvalue weighted by atomic mass is 32.1. The lowest BCUT2D eigenvalue weighted by atomic mass is 9.88. The number of hydrogen-bond acceptors (Lipinski definition) is 4. The minimum absolute atomic E-state index is 0.0610. The number of primary amides is 1. The molecule has 4 N–H and O–H groups in total. The Labute approximate surface area is 139 Å². The van der Waals surface area contributed by atoms with Gasteiger partial charge in [0, 0.05) is 17.7 Å². The molecule has 2 atom stereocenters. The van der Waals surface area contributed by atoms with Crippen LogP contribution in [0.2, 0.25) is 0 Å². The number of thiophene rings is 1. The van der Waals surface area contributed by atoms with Gasteiger partial charge in [0.2, 0.25) is 5.91 Å². The summed E-state index contributed by atoms with van der Waals surface area (Å²) in [6.07, 6.45) is 2.74. The average molecular weight is 338 g/mol. The summed E-state index contributed by atoms with van der Waals surface area (Å²) in [5.74, 6) is -1.44. The van der Waals surface area contributed by atoms with E-state index in [2.05, 4.69) is 12.2 Å². The van der Waals surface area contributed by atoms with Crippen molar-refractivity contribution >= 4 is 34.1 Å². The molecule has 2 amide bonds. The first-order valence-corrected chi connectivity index (χ1v) is 8.55. The molecule has 2 rings (SSSR count). The third-order valence-electron chi connectivity index (χ3n) is 4.07. The Morgan fingerprint density at radius 3 is 2.70 bits per heavy atom. The molecular weight excluding hydrogens is 316 g/mol. The van der Waals surface area contributed by atoms with Crippen LogP contribution >= 0.6 is 11.3 Å². The van der Waals surface area contributed by atoms with E-state index >= 15 is 0 Å². The molecule has 0 fully saturated rings. The van der Waals surface area contributed by atoms with Crippen LogP contribution in [0.1, 0.15) is 53.9 Å². The molecule has 1 aromatic heterocycles. The summed E-state index contributed by atoms with van der Waals surface area (Å²) in [7, 11) is 0. The maximum Gasteiger partial charge on any atom is 0.303 e. The van der Waals surface area contributed by atoms with Gasteiger partial charge in [-0.1, -0.05) is 13.8 Å². The highest BCUT2D eigenvalue weighted by molar-refractivity contribution is 7.17. The van der Waals surface area contributed by atoms with E-state index in [-0.39, 0.29) is 24.7 Å². The third kappa shape index (κ3) is 4.31. The summed E-state index contributed by atoms with van der Waals surface area (Å²) in [6.45, 7) is 3.88. The molecule has 0 aromatic carbocycles. The second-order valence-corrected chi connectivity index (χ2v) is 7.48. The van der Waals surface area contributed by atoms with E-state index in [4.69, 9.17) is 10.8 Å². The van der Waals surface area contributed by atoms with E-state index in [1.54, 1.807) is 6.92 Å². The van der Waals surface area contributed by atoms with Crippen LogP contribution in [0.15, 0.2) is 0 Å². The Kier molecular flexibility index (Phi) is 5.41. The Morgan fingerprint density at radius 1 is 1.39 bits per heavy atom. The van der Waals surface area contributed by atoms with Crippen molar-refractivity contribution in [2.24, 2.45) is 17.6 Å². The zero-order valence-corrected chi connectivity index (χ0v) is 14.2. The van der Waals surface area contributed by atoms with Crippen LogP contribution < -0.4 is 11.1 Å². The van der Waals surface area contributed by atoms with Crippen LogP contribution in [0.4, 0.5) is 5.00 Å². The number of fused-ring (bicyclic) bond motifs is 1. The molecule has 0 saturated heterocycles. The van der Waals surface area contributed by atoms with Gasteiger partial charge in [-0.25, -0.2) is 0 Å². The fraction of sp³-hybridized carbons (Fsp3) is 0.562. The second-order valence-electron chi connectivity index (χ2n) is 6.38. The SMILES string of the molecule is C[C@H](CC(=O)O)CC(=O)Nc1sc2c(c1C(N)=O)CC[C@H](C)C2. The number of anilines is 1. The summed E-state index contributed by atoms with van der Waals surface area (Å²) < 4.78 is 0. The van der Waals surface area contributed by atoms with Crippen LogP contribution in [-0.2, 0) is 22.4 Å². The normalized spacial score (nSPS) is 18.1. The Hall–Kier alpha value is -1.89. The minimum Gasteiger partial charge on any atom is -0.481 e. The predicted molar refractivity (Wildman–Crippen MR) is 88.7 cm³/mol. The number of carbonyl (C=O) groups excluding carboxylic acids is 2. The van der Waals surface area contributed by atoms with Crippen molar-refractivity contribution < 1.29 is 19.5 Å². The number of nitrogens with two attached hydrogens (primary N) is 1. The topological polar surface area (TPSA) is 109 Å². The van der Waals surface area contributed by atoms with E-state index in [0.29, 0.717) is 16.5 Å². The zero-order valence-electron chi connectivity index (χ0n) is 13.3.